The molecular formula is C16H23NO3. The lowest BCUT2D eigenvalue weighted by Crippen LogP contribution is -2.37. The van der Waals surface area contributed by atoms with Gasteiger partial charge in [-0.15, -0.1) is 0 Å². The molecule has 1 amide bonds. The van der Waals surface area contributed by atoms with Crippen molar-refractivity contribution in [3.63, 3.8) is 0 Å². The Balaban J connectivity index is 2.40. The SMILES string of the molecule is CC(C(=O)O)C(C)C(=O)N(C)CCCc1ccccc1. The van der Waals surface area contributed by atoms with Crippen LogP contribution in [0.3, 0.4) is 0 Å². The zero-order valence-corrected chi connectivity index (χ0v) is 12.4. The summed E-state index contributed by atoms with van der Waals surface area (Å²) in [6, 6.07) is 10.1. The number of benzene rings is 1. The molecule has 0 aliphatic rings. The molecule has 0 aromatic heterocycles. The zero-order valence-electron chi connectivity index (χ0n) is 12.4. The summed E-state index contributed by atoms with van der Waals surface area (Å²) >= 11 is 0. The van der Waals surface area contributed by atoms with Crippen molar-refractivity contribution in [2.24, 2.45) is 11.8 Å². The van der Waals surface area contributed by atoms with Crippen LogP contribution in [0.4, 0.5) is 0 Å². The highest BCUT2D eigenvalue weighted by atomic mass is 16.4. The van der Waals surface area contributed by atoms with E-state index in [-0.39, 0.29) is 5.91 Å². The van der Waals surface area contributed by atoms with Crippen molar-refractivity contribution in [2.45, 2.75) is 26.7 Å². The molecule has 0 saturated heterocycles. The number of amides is 1. The smallest absolute Gasteiger partial charge is 0.307 e. The predicted molar refractivity (Wildman–Crippen MR) is 78.4 cm³/mol. The number of nitrogens with zero attached hydrogens (tertiary/aromatic N) is 1. The fourth-order valence-electron chi connectivity index (χ4n) is 2.05. The lowest BCUT2D eigenvalue weighted by molar-refractivity contribution is -0.148. The van der Waals surface area contributed by atoms with Gasteiger partial charge in [-0.2, -0.15) is 0 Å². The Labute approximate surface area is 120 Å². The van der Waals surface area contributed by atoms with E-state index in [2.05, 4.69) is 12.1 Å². The normalized spacial score (nSPS) is 13.6. The predicted octanol–water partition coefficient (Wildman–Crippen LogP) is 2.43. The molecule has 0 spiro atoms. The molecule has 110 valence electrons. The largest absolute Gasteiger partial charge is 0.481 e. The van der Waals surface area contributed by atoms with Crippen molar-refractivity contribution < 1.29 is 14.7 Å². The topological polar surface area (TPSA) is 57.6 Å². The van der Waals surface area contributed by atoms with Crippen molar-refractivity contribution in [3.05, 3.63) is 35.9 Å². The van der Waals surface area contributed by atoms with E-state index in [0.717, 1.165) is 12.8 Å². The third kappa shape index (κ3) is 4.68. The number of carboxylic acids is 1. The molecule has 0 fully saturated rings. The highest BCUT2D eigenvalue weighted by Crippen LogP contribution is 2.14. The second kappa shape index (κ2) is 7.68. The van der Waals surface area contributed by atoms with Crippen LogP contribution in [0.1, 0.15) is 25.8 Å². The standard InChI is InChI=1S/C16H23NO3/c1-12(13(2)16(19)20)15(18)17(3)11-7-10-14-8-5-4-6-9-14/h4-6,8-9,12-13H,7,10-11H2,1-3H3,(H,19,20). The van der Waals surface area contributed by atoms with Crippen LogP contribution in [0.25, 0.3) is 0 Å². The van der Waals surface area contributed by atoms with Crippen molar-refractivity contribution in [1.29, 1.82) is 0 Å². The van der Waals surface area contributed by atoms with Crippen LogP contribution >= 0.6 is 0 Å². The Morgan fingerprint density at radius 1 is 1.15 bits per heavy atom. The molecule has 0 bridgehead atoms. The van der Waals surface area contributed by atoms with E-state index in [0.29, 0.717) is 6.54 Å². The van der Waals surface area contributed by atoms with E-state index in [1.54, 1.807) is 25.8 Å². The molecule has 4 nitrogen and oxygen atoms in total. The maximum absolute atomic E-state index is 12.1. The summed E-state index contributed by atoms with van der Waals surface area (Å²) in [4.78, 5) is 24.6. The summed E-state index contributed by atoms with van der Waals surface area (Å²) in [5.74, 6) is -2.18. The van der Waals surface area contributed by atoms with Gasteiger partial charge >= 0.3 is 5.97 Å². The molecule has 20 heavy (non-hydrogen) atoms. The number of carboxylic acid groups (broad SMARTS) is 1. The van der Waals surface area contributed by atoms with E-state index in [4.69, 9.17) is 5.11 Å². The Morgan fingerprint density at radius 2 is 1.75 bits per heavy atom. The van der Waals surface area contributed by atoms with Gasteiger partial charge in [0.2, 0.25) is 5.91 Å². The molecule has 0 saturated carbocycles. The van der Waals surface area contributed by atoms with E-state index in [9.17, 15) is 9.59 Å². The van der Waals surface area contributed by atoms with Crippen molar-refractivity contribution in [3.8, 4) is 0 Å². The Hall–Kier alpha value is -1.84. The van der Waals surface area contributed by atoms with Crippen LogP contribution in [0, 0.1) is 11.8 Å². The van der Waals surface area contributed by atoms with Crippen molar-refractivity contribution in [2.75, 3.05) is 13.6 Å². The molecule has 1 N–H and O–H groups in total. The van der Waals surface area contributed by atoms with Crippen molar-refractivity contribution in [1.82, 2.24) is 4.90 Å². The van der Waals surface area contributed by atoms with Gasteiger partial charge in [-0.1, -0.05) is 44.2 Å². The Morgan fingerprint density at radius 3 is 2.30 bits per heavy atom. The quantitative estimate of drug-likeness (QED) is 0.832. The zero-order chi connectivity index (χ0) is 15.1. The van der Waals surface area contributed by atoms with Crippen LogP contribution in [-0.2, 0) is 16.0 Å². The average molecular weight is 277 g/mol. The highest BCUT2D eigenvalue weighted by Gasteiger charge is 2.27. The average Bonchev–Trinajstić information content (AvgIpc) is 2.45. The number of rotatable bonds is 7. The minimum absolute atomic E-state index is 0.104. The van der Waals surface area contributed by atoms with Gasteiger partial charge in [-0.05, 0) is 18.4 Å². The van der Waals surface area contributed by atoms with Crippen LogP contribution < -0.4 is 0 Å². The first-order valence-corrected chi connectivity index (χ1v) is 6.95. The Kier molecular flexibility index (Phi) is 6.22. The van der Waals surface area contributed by atoms with Crippen LogP contribution in [0.15, 0.2) is 30.3 Å². The molecule has 4 heteroatoms. The number of carbonyl (C=O) groups is 2. The summed E-state index contributed by atoms with van der Waals surface area (Å²) < 4.78 is 0. The summed E-state index contributed by atoms with van der Waals surface area (Å²) in [5, 5.41) is 8.94. The fraction of sp³-hybridized carbons (Fsp3) is 0.500. The van der Waals surface area contributed by atoms with Crippen molar-refractivity contribution >= 4 is 11.9 Å². The van der Waals surface area contributed by atoms with E-state index >= 15 is 0 Å². The number of carbonyl (C=O) groups excluding carboxylic acids is 1. The van der Waals surface area contributed by atoms with Gasteiger partial charge in [-0.3, -0.25) is 9.59 Å². The van der Waals surface area contributed by atoms with Gasteiger partial charge in [0.15, 0.2) is 0 Å². The van der Waals surface area contributed by atoms with E-state index < -0.39 is 17.8 Å². The molecule has 1 rings (SSSR count). The summed E-state index contributed by atoms with van der Waals surface area (Å²) in [5.41, 5.74) is 1.25. The summed E-state index contributed by atoms with van der Waals surface area (Å²) in [6.45, 7) is 3.89. The van der Waals surface area contributed by atoms with Gasteiger partial charge in [0.25, 0.3) is 0 Å². The van der Waals surface area contributed by atoms with Gasteiger partial charge < -0.3 is 10.0 Å². The molecule has 2 unspecified atom stereocenters. The minimum atomic E-state index is -0.927. The second-order valence-electron chi connectivity index (χ2n) is 5.26. The number of hydrogen-bond donors (Lipinski definition) is 1. The first-order valence-electron chi connectivity index (χ1n) is 6.95. The van der Waals surface area contributed by atoms with Crippen LogP contribution in [0.5, 0.6) is 0 Å². The number of aryl methyl sites for hydroxylation is 1. The molecule has 1 aromatic rings. The van der Waals surface area contributed by atoms with E-state index in [1.165, 1.54) is 5.56 Å². The maximum atomic E-state index is 12.1. The molecule has 0 aliphatic heterocycles. The third-order valence-corrected chi connectivity index (χ3v) is 3.71. The van der Waals surface area contributed by atoms with E-state index in [1.807, 2.05) is 18.2 Å². The number of aliphatic carboxylic acids is 1. The second-order valence-corrected chi connectivity index (χ2v) is 5.26. The molecule has 0 heterocycles. The molecule has 2 atom stereocenters. The highest BCUT2D eigenvalue weighted by molar-refractivity contribution is 5.84. The monoisotopic (exact) mass is 277 g/mol. The fourth-order valence-corrected chi connectivity index (χ4v) is 2.05. The Bertz CT molecular complexity index is 444. The third-order valence-electron chi connectivity index (χ3n) is 3.71. The van der Waals surface area contributed by atoms with Gasteiger partial charge in [0.1, 0.15) is 0 Å². The van der Waals surface area contributed by atoms with Gasteiger partial charge in [0.05, 0.1) is 5.92 Å². The van der Waals surface area contributed by atoms with Gasteiger partial charge in [0, 0.05) is 19.5 Å². The first kappa shape index (κ1) is 16.2. The minimum Gasteiger partial charge on any atom is -0.481 e. The maximum Gasteiger partial charge on any atom is 0.307 e. The van der Waals surface area contributed by atoms with Crippen LogP contribution in [0.2, 0.25) is 0 Å². The molecule has 0 radical (unpaired) electrons. The molecule has 1 aromatic carbocycles. The summed E-state index contributed by atoms with van der Waals surface area (Å²) in [6.07, 6.45) is 1.79. The number of hydrogen-bond acceptors (Lipinski definition) is 2. The van der Waals surface area contributed by atoms with Gasteiger partial charge in [-0.25, -0.2) is 0 Å². The lowest BCUT2D eigenvalue weighted by atomic mass is 9.95. The van der Waals surface area contributed by atoms with Crippen LogP contribution in [-0.4, -0.2) is 35.5 Å². The molecule has 0 aliphatic carbocycles. The first-order chi connectivity index (χ1) is 9.43. The molecular weight excluding hydrogens is 254 g/mol. The summed E-state index contributed by atoms with van der Waals surface area (Å²) in [7, 11) is 1.73. The lowest BCUT2D eigenvalue weighted by Gasteiger charge is -2.23.